The molecule has 0 fully saturated rings. The van der Waals surface area contributed by atoms with Gasteiger partial charge in [0.05, 0.1) is 51.1 Å². The average Bonchev–Trinajstić information content (AvgIpc) is 3.05. The van der Waals surface area contributed by atoms with Gasteiger partial charge in [0, 0.05) is 5.39 Å². The summed E-state index contributed by atoms with van der Waals surface area (Å²) in [6, 6.07) is 6.98. The molecule has 0 saturated heterocycles. The summed E-state index contributed by atoms with van der Waals surface area (Å²) < 4.78 is 1.41. The minimum atomic E-state index is -1.28. The number of nitrogens with zero attached hydrogens (tertiary/aromatic N) is 3. The highest BCUT2D eigenvalue weighted by molar-refractivity contribution is 6.42. The van der Waals surface area contributed by atoms with E-state index in [1.54, 1.807) is 6.20 Å². The molecule has 2 heterocycles. The van der Waals surface area contributed by atoms with Gasteiger partial charge in [-0.15, -0.1) is 0 Å². The standard InChI is InChI=1S/C17H10Cl2N4O3/c18-11-4-10-15(14(19)13(11)17(25)26)20-7-23(16(10)24)6-8-1-2-9-5-21-22-12(9)3-8/h1-5,7H,6H2,(H,21,22)(H,25,26). The van der Waals surface area contributed by atoms with Crippen molar-refractivity contribution in [2.75, 3.05) is 0 Å². The van der Waals surface area contributed by atoms with E-state index in [0.717, 1.165) is 16.5 Å². The van der Waals surface area contributed by atoms with Crippen molar-refractivity contribution >= 4 is 51.0 Å². The van der Waals surface area contributed by atoms with E-state index in [-0.39, 0.29) is 38.6 Å². The SMILES string of the molecule is O=C(O)c1c(Cl)cc2c(=O)n(Cc3ccc4cn[nH]c4c3)cnc2c1Cl. The number of halogens is 2. The minimum Gasteiger partial charge on any atom is -0.478 e. The molecule has 0 saturated carbocycles. The number of carbonyl (C=O) groups is 1. The zero-order valence-electron chi connectivity index (χ0n) is 13.0. The van der Waals surface area contributed by atoms with Crippen LogP contribution < -0.4 is 5.56 Å². The van der Waals surface area contributed by atoms with E-state index in [2.05, 4.69) is 15.2 Å². The van der Waals surface area contributed by atoms with Gasteiger partial charge in [0.2, 0.25) is 0 Å². The number of H-pyrrole nitrogens is 1. The molecule has 26 heavy (non-hydrogen) atoms. The lowest BCUT2D eigenvalue weighted by molar-refractivity contribution is 0.0697. The van der Waals surface area contributed by atoms with Crippen molar-refractivity contribution in [2.24, 2.45) is 0 Å². The third-order valence-electron chi connectivity index (χ3n) is 4.08. The van der Waals surface area contributed by atoms with E-state index in [1.165, 1.54) is 17.0 Å². The maximum atomic E-state index is 12.8. The molecule has 9 heteroatoms. The fraction of sp³-hybridized carbons (Fsp3) is 0.0588. The van der Waals surface area contributed by atoms with Crippen LogP contribution in [-0.2, 0) is 6.54 Å². The number of aromatic carboxylic acids is 1. The summed E-state index contributed by atoms with van der Waals surface area (Å²) >= 11 is 12.1. The van der Waals surface area contributed by atoms with Crippen LogP contribution in [0, 0.1) is 0 Å². The molecule has 0 unspecified atom stereocenters. The number of aromatic amines is 1. The first-order valence-electron chi connectivity index (χ1n) is 7.48. The molecule has 2 N–H and O–H groups in total. The fourth-order valence-corrected chi connectivity index (χ4v) is 3.49. The van der Waals surface area contributed by atoms with Gasteiger partial charge in [0.15, 0.2) is 0 Å². The van der Waals surface area contributed by atoms with Crippen molar-refractivity contribution in [2.45, 2.75) is 6.54 Å². The molecule has 0 spiro atoms. The molecule has 0 atom stereocenters. The van der Waals surface area contributed by atoms with Gasteiger partial charge in [-0.3, -0.25) is 14.5 Å². The normalized spacial score (nSPS) is 11.3. The number of carboxylic acid groups (broad SMARTS) is 1. The van der Waals surface area contributed by atoms with Crippen LogP contribution >= 0.6 is 23.2 Å². The first kappa shape index (κ1) is 16.6. The van der Waals surface area contributed by atoms with Crippen LogP contribution in [0.2, 0.25) is 10.0 Å². The van der Waals surface area contributed by atoms with Crippen LogP contribution in [0.15, 0.2) is 41.6 Å². The summed E-state index contributed by atoms with van der Waals surface area (Å²) in [4.78, 5) is 28.2. The zero-order valence-corrected chi connectivity index (χ0v) is 14.5. The van der Waals surface area contributed by atoms with Crippen LogP contribution in [0.5, 0.6) is 0 Å². The number of hydrogen-bond acceptors (Lipinski definition) is 4. The van der Waals surface area contributed by atoms with Crippen LogP contribution in [0.4, 0.5) is 0 Å². The second-order valence-electron chi connectivity index (χ2n) is 5.72. The van der Waals surface area contributed by atoms with Crippen LogP contribution in [-0.4, -0.2) is 30.8 Å². The minimum absolute atomic E-state index is 0.106. The number of aromatic nitrogens is 4. The lowest BCUT2D eigenvalue weighted by Gasteiger charge is -2.10. The molecule has 2 aromatic heterocycles. The number of rotatable bonds is 3. The topological polar surface area (TPSA) is 101 Å². The lowest BCUT2D eigenvalue weighted by atomic mass is 10.1. The van der Waals surface area contributed by atoms with E-state index in [9.17, 15) is 14.7 Å². The molecule has 7 nitrogen and oxygen atoms in total. The van der Waals surface area contributed by atoms with Crippen molar-refractivity contribution < 1.29 is 9.90 Å². The van der Waals surface area contributed by atoms with Crippen LogP contribution in [0.3, 0.4) is 0 Å². The summed E-state index contributed by atoms with van der Waals surface area (Å²) in [5.41, 5.74) is 1.22. The Bertz CT molecular complexity index is 1250. The maximum Gasteiger partial charge on any atom is 0.338 e. The molecule has 0 aliphatic carbocycles. The molecule has 0 aliphatic heterocycles. The Morgan fingerprint density at radius 3 is 2.85 bits per heavy atom. The molecule has 4 rings (SSSR count). The van der Waals surface area contributed by atoms with Gasteiger partial charge in [-0.05, 0) is 17.7 Å². The quantitative estimate of drug-likeness (QED) is 0.560. The van der Waals surface area contributed by atoms with Crippen molar-refractivity contribution in [1.29, 1.82) is 0 Å². The van der Waals surface area contributed by atoms with E-state index < -0.39 is 5.97 Å². The number of carboxylic acids is 1. The number of benzene rings is 2. The highest BCUT2D eigenvalue weighted by Gasteiger charge is 2.20. The Morgan fingerprint density at radius 2 is 2.08 bits per heavy atom. The second kappa shape index (κ2) is 6.12. The molecule has 2 aromatic carbocycles. The van der Waals surface area contributed by atoms with Gasteiger partial charge in [-0.25, -0.2) is 9.78 Å². The van der Waals surface area contributed by atoms with Gasteiger partial charge in [0.1, 0.15) is 0 Å². The molecule has 4 aromatic rings. The molecular formula is C17H10Cl2N4O3. The summed E-state index contributed by atoms with van der Waals surface area (Å²) in [6.07, 6.45) is 3.06. The van der Waals surface area contributed by atoms with Gasteiger partial charge in [0.25, 0.3) is 5.56 Å². The van der Waals surface area contributed by atoms with E-state index in [0.29, 0.717) is 0 Å². The Morgan fingerprint density at radius 1 is 1.27 bits per heavy atom. The Labute approximate surface area is 155 Å². The van der Waals surface area contributed by atoms with Crippen LogP contribution in [0.1, 0.15) is 15.9 Å². The van der Waals surface area contributed by atoms with E-state index >= 15 is 0 Å². The van der Waals surface area contributed by atoms with Gasteiger partial charge in [-0.2, -0.15) is 5.10 Å². The number of fused-ring (bicyclic) bond motifs is 2. The average molecular weight is 389 g/mol. The molecule has 130 valence electrons. The van der Waals surface area contributed by atoms with E-state index in [1.807, 2.05) is 18.2 Å². The number of nitrogens with one attached hydrogen (secondary N) is 1. The van der Waals surface area contributed by atoms with Crippen molar-refractivity contribution in [3.8, 4) is 0 Å². The van der Waals surface area contributed by atoms with Gasteiger partial charge < -0.3 is 5.11 Å². The molecular weight excluding hydrogens is 379 g/mol. The Balaban J connectivity index is 1.84. The summed E-state index contributed by atoms with van der Waals surface area (Å²) in [6.45, 7) is 0.284. The maximum absolute atomic E-state index is 12.8. The highest BCUT2D eigenvalue weighted by Crippen LogP contribution is 2.30. The third kappa shape index (κ3) is 2.61. The number of hydrogen-bond donors (Lipinski definition) is 2. The fourth-order valence-electron chi connectivity index (χ4n) is 2.82. The molecule has 0 aliphatic rings. The molecule has 0 bridgehead atoms. The third-order valence-corrected chi connectivity index (χ3v) is 4.75. The Hall–Kier alpha value is -2.90. The van der Waals surface area contributed by atoms with Crippen LogP contribution in [0.25, 0.3) is 21.8 Å². The monoisotopic (exact) mass is 388 g/mol. The smallest absolute Gasteiger partial charge is 0.338 e. The lowest BCUT2D eigenvalue weighted by Crippen LogP contribution is -2.21. The van der Waals surface area contributed by atoms with Gasteiger partial charge >= 0.3 is 5.97 Å². The highest BCUT2D eigenvalue weighted by atomic mass is 35.5. The zero-order chi connectivity index (χ0) is 18.4. The Kier molecular flexibility index (Phi) is 3.90. The molecule has 0 radical (unpaired) electrons. The first-order valence-corrected chi connectivity index (χ1v) is 8.24. The van der Waals surface area contributed by atoms with E-state index in [4.69, 9.17) is 23.2 Å². The first-order chi connectivity index (χ1) is 12.5. The van der Waals surface area contributed by atoms with Crippen molar-refractivity contribution in [3.05, 3.63) is 68.3 Å². The predicted octanol–water partition coefficient (Wildman–Crippen LogP) is 3.33. The summed E-state index contributed by atoms with van der Waals surface area (Å²) in [7, 11) is 0. The van der Waals surface area contributed by atoms with Crippen molar-refractivity contribution in [1.82, 2.24) is 19.7 Å². The van der Waals surface area contributed by atoms with Crippen molar-refractivity contribution in [3.63, 3.8) is 0 Å². The summed E-state index contributed by atoms with van der Waals surface area (Å²) in [5, 5.41) is 16.9. The summed E-state index contributed by atoms with van der Waals surface area (Å²) in [5.74, 6) is -1.28. The molecule has 0 amide bonds. The largest absolute Gasteiger partial charge is 0.478 e. The second-order valence-corrected chi connectivity index (χ2v) is 6.50. The van der Waals surface area contributed by atoms with Gasteiger partial charge in [-0.1, -0.05) is 35.3 Å². The predicted molar refractivity (Wildman–Crippen MR) is 98.2 cm³/mol.